The highest BCUT2D eigenvalue weighted by Crippen LogP contribution is 2.37. The number of aliphatic hydroxyl groups is 2. The highest BCUT2D eigenvalue weighted by Gasteiger charge is 2.38. The molecule has 1 aliphatic heterocycles. The van der Waals surface area contributed by atoms with Crippen LogP contribution in [0.5, 0.6) is 5.75 Å². The molecule has 0 radical (unpaired) electrons. The highest BCUT2D eigenvalue weighted by atomic mass is 32.2. The molecular formula is C38H49N3O7S. The summed E-state index contributed by atoms with van der Waals surface area (Å²) in [6.45, 7) is 8.57. The standard InChI is InChI=1S/C38H49N3O7S/c1-38(2,3)48-37(45)39-32(23-27-9-5-4-6-10-27)33(42)17-18-35(44)41(36-31-12-8-7-11-29(31)24-34(36)43)25-28-13-15-30(16-14-28)47-22-20-40-19-21-46-26-49-40/h4-16,32-34,36,42-43H,17-26H2,1-3H3,(H,39,45)/t32-,33-,34+,36-/m0/s1. The maximum absolute atomic E-state index is 14.1. The molecule has 49 heavy (non-hydrogen) atoms. The summed E-state index contributed by atoms with van der Waals surface area (Å²) in [5.41, 5.74) is 3.08. The summed E-state index contributed by atoms with van der Waals surface area (Å²) in [4.78, 5) is 28.6. The van der Waals surface area contributed by atoms with E-state index in [1.54, 1.807) is 37.6 Å². The van der Waals surface area contributed by atoms with Crippen molar-refractivity contribution in [2.75, 3.05) is 32.2 Å². The van der Waals surface area contributed by atoms with E-state index >= 15 is 0 Å². The van der Waals surface area contributed by atoms with Crippen LogP contribution in [0, 0.1) is 0 Å². The third-order valence-corrected chi connectivity index (χ3v) is 9.63. The highest BCUT2D eigenvalue weighted by molar-refractivity contribution is 7.96. The molecule has 4 atom stereocenters. The molecule has 1 saturated heterocycles. The summed E-state index contributed by atoms with van der Waals surface area (Å²) in [6.07, 6.45) is -1.44. The van der Waals surface area contributed by atoms with Crippen molar-refractivity contribution in [3.8, 4) is 5.75 Å². The van der Waals surface area contributed by atoms with Gasteiger partial charge in [-0.2, -0.15) is 0 Å². The minimum atomic E-state index is -1.02. The molecule has 10 nitrogen and oxygen atoms in total. The van der Waals surface area contributed by atoms with Crippen molar-refractivity contribution >= 4 is 23.9 Å². The number of fused-ring (bicyclic) bond motifs is 1. The Balaban J connectivity index is 1.27. The van der Waals surface area contributed by atoms with Gasteiger partial charge in [0.15, 0.2) is 0 Å². The van der Waals surface area contributed by atoms with Gasteiger partial charge in [0.05, 0.1) is 30.9 Å². The molecular weight excluding hydrogens is 642 g/mol. The molecule has 0 aromatic heterocycles. The first-order chi connectivity index (χ1) is 23.6. The van der Waals surface area contributed by atoms with Crippen molar-refractivity contribution in [1.82, 2.24) is 14.5 Å². The lowest BCUT2D eigenvalue weighted by molar-refractivity contribution is -0.137. The van der Waals surface area contributed by atoms with E-state index in [-0.39, 0.29) is 25.3 Å². The third-order valence-electron chi connectivity index (χ3n) is 8.63. The maximum atomic E-state index is 14.1. The number of hydrogen-bond acceptors (Lipinski definition) is 9. The summed E-state index contributed by atoms with van der Waals surface area (Å²) in [5.74, 6) is 1.22. The summed E-state index contributed by atoms with van der Waals surface area (Å²) in [6, 6.07) is 23.9. The minimum Gasteiger partial charge on any atom is -0.492 e. The number of ether oxygens (including phenoxy) is 3. The summed E-state index contributed by atoms with van der Waals surface area (Å²) < 4.78 is 19.1. The van der Waals surface area contributed by atoms with Gasteiger partial charge in [0.25, 0.3) is 0 Å². The van der Waals surface area contributed by atoms with Crippen molar-refractivity contribution in [3.05, 3.63) is 101 Å². The van der Waals surface area contributed by atoms with E-state index in [2.05, 4.69) is 9.62 Å². The van der Waals surface area contributed by atoms with Gasteiger partial charge in [-0.25, -0.2) is 9.10 Å². The van der Waals surface area contributed by atoms with Crippen molar-refractivity contribution in [2.45, 2.75) is 82.9 Å². The van der Waals surface area contributed by atoms with Gasteiger partial charge in [0.2, 0.25) is 5.91 Å². The fourth-order valence-electron chi connectivity index (χ4n) is 6.23. The van der Waals surface area contributed by atoms with Crippen LogP contribution < -0.4 is 10.1 Å². The van der Waals surface area contributed by atoms with E-state index in [1.807, 2.05) is 78.9 Å². The lowest BCUT2D eigenvalue weighted by Gasteiger charge is -2.33. The molecule has 11 heteroatoms. The SMILES string of the molecule is CC(C)(C)OC(=O)N[C@@H](Cc1ccccc1)[C@@H](O)CCC(=O)N(Cc1ccc(OCCN2CCOCS2)cc1)[C@H]1c2ccccc2C[C@H]1O. The number of nitrogens with one attached hydrogen (secondary N) is 1. The van der Waals surface area contributed by atoms with Crippen molar-refractivity contribution < 1.29 is 34.0 Å². The van der Waals surface area contributed by atoms with Crippen LogP contribution in [-0.4, -0.2) is 87.5 Å². The average Bonchev–Trinajstić information content (AvgIpc) is 3.41. The Labute approximate surface area is 293 Å². The van der Waals surface area contributed by atoms with Gasteiger partial charge in [0.1, 0.15) is 23.9 Å². The van der Waals surface area contributed by atoms with Crippen molar-refractivity contribution in [1.29, 1.82) is 0 Å². The lowest BCUT2D eigenvalue weighted by atomic mass is 9.97. The van der Waals surface area contributed by atoms with E-state index < -0.39 is 36.0 Å². The number of hydrogen-bond donors (Lipinski definition) is 3. The number of rotatable bonds is 14. The molecule has 0 unspecified atom stereocenters. The monoisotopic (exact) mass is 691 g/mol. The molecule has 3 aromatic rings. The lowest BCUT2D eigenvalue weighted by Crippen LogP contribution is -2.47. The first-order valence-electron chi connectivity index (χ1n) is 17.0. The first-order valence-corrected chi connectivity index (χ1v) is 17.9. The second-order valence-corrected chi connectivity index (χ2v) is 14.6. The molecule has 2 amide bonds. The summed E-state index contributed by atoms with van der Waals surface area (Å²) in [7, 11) is 0. The number of carbonyl (C=O) groups excluding carboxylic acids is 2. The molecule has 3 N–H and O–H groups in total. The normalized spacial score (nSPS) is 19.0. The zero-order valence-electron chi connectivity index (χ0n) is 28.6. The first kappa shape index (κ1) is 36.7. The van der Waals surface area contributed by atoms with Gasteiger partial charge in [-0.3, -0.25) is 4.79 Å². The van der Waals surface area contributed by atoms with E-state index in [1.165, 1.54) is 0 Å². The maximum Gasteiger partial charge on any atom is 0.407 e. The number of aliphatic hydroxyl groups excluding tert-OH is 2. The Bertz CT molecular complexity index is 1500. The topological polar surface area (TPSA) is 121 Å². The second kappa shape index (κ2) is 17.4. The number of amides is 2. The van der Waals surface area contributed by atoms with Crippen LogP contribution in [0.3, 0.4) is 0 Å². The number of carbonyl (C=O) groups is 2. The summed E-state index contributed by atoms with van der Waals surface area (Å²) >= 11 is 1.66. The van der Waals surface area contributed by atoms with Crippen LogP contribution in [0.4, 0.5) is 4.79 Å². The predicted octanol–water partition coefficient (Wildman–Crippen LogP) is 5.27. The predicted molar refractivity (Wildman–Crippen MR) is 190 cm³/mol. The van der Waals surface area contributed by atoms with E-state index in [9.17, 15) is 19.8 Å². The molecule has 3 aromatic carbocycles. The van der Waals surface area contributed by atoms with E-state index in [4.69, 9.17) is 14.2 Å². The van der Waals surface area contributed by atoms with E-state index in [0.717, 1.165) is 47.7 Å². The summed E-state index contributed by atoms with van der Waals surface area (Å²) in [5, 5.41) is 25.5. The smallest absolute Gasteiger partial charge is 0.407 e. The van der Waals surface area contributed by atoms with Gasteiger partial charge in [-0.05, 0) is 68.0 Å². The van der Waals surface area contributed by atoms with Crippen molar-refractivity contribution in [3.63, 3.8) is 0 Å². The Hall–Kier alpha value is -3.61. The molecule has 5 rings (SSSR count). The van der Waals surface area contributed by atoms with Crippen LogP contribution in [0.15, 0.2) is 78.9 Å². The van der Waals surface area contributed by atoms with Gasteiger partial charge in [-0.15, -0.1) is 0 Å². The van der Waals surface area contributed by atoms with Crippen LogP contribution >= 0.6 is 11.9 Å². The van der Waals surface area contributed by atoms with Crippen molar-refractivity contribution in [2.24, 2.45) is 0 Å². The molecule has 1 fully saturated rings. The van der Waals surface area contributed by atoms with Crippen LogP contribution in [0.25, 0.3) is 0 Å². The molecule has 1 heterocycles. The Morgan fingerprint density at radius 3 is 2.49 bits per heavy atom. The molecule has 2 aliphatic rings. The van der Waals surface area contributed by atoms with Gasteiger partial charge < -0.3 is 34.6 Å². The zero-order chi connectivity index (χ0) is 34.8. The minimum absolute atomic E-state index is 0.0224. The van der Waals surface area contributed by atoms with Crippen LogP contribution in [-0.2, 0) is 33.7 Å². The van der Waals surface area contributed by atoms with Gasteiger partial charge >= 0.3 is 6.09 Å². The molecule has 0 bridgehead atoms. The molecule has 1 aliphatic carbocycles. The van der Waals surface area contributed by atoms with Gasteiger partial charge in [0, 0.05) is 32.5 Å². The second-order valence-electron chi connectivity index (χ2n) is 13.6. The van der Waals surface area contributed by atoms with Crippen LogP contribution in [0.1, 0.15) is 61.9 Å². The molecule has 0 spiro atoms. The number of alkyl carbamates (subject to hydrolysis) is 1. The Morgan fingerprint density at radius 1 is 1.04 bits per heavy atom. The van der Waals surface area contributed by atoms with Crippen LogP contribution in [0.2, 0.25) is 0 Å². The molecule has 0 saturated carbocycles. The molecule has 264 valence electrons. The fraction of sp³-hybridized carbons (Fsp3) is 0.474. The number of benzene rings is 3. The quantitative estimate of drug-likeness (QED) is 0.194. The average molecular weight is 692 g/mol. The zero-order valence-corrected chi connectivity index (χ0v) is 29.4. The fourth-order valence-corrected chi connectivity index (χ4v) is 6.98. The third kappa shape index (κ3) is 10.9. The Morgan fingerprint density at radius 2 is 1.78 bits per heavy atom. The number of nitrogens with zero attached hydrogens (tertiary/aromatic N) is 2. The van der Waals surface area contributed by atoms with Gasteiger partial charge in [-0.1, -0.05) is 78.7 Å². The Kier molecular flexibility index (Phi) is 13.0. The van der Waals surface area contributed by atoms with E-state index in [0.29, 0.717) is 25.4 Å². The largest absolute Gasteiger partial charge is 0.492 e.